The first kappa shape index (κ1) is 23.1. The topological polar surface area (TPSA) is 54.4 Å². The van der Waals surface area contributed by atoms with E-state index in [0.717, 1.165) is 11.0 Å². The highest BCUT2D eigenvalue weighted by molar-refractivity contribution is 7.85. The van der Waals surface area contributed by atoms with Crippen molar-refractivity contribution < 1.29 is 17.5 Å². The Morgan fingerprint density at radius 1 is 0.917 bits per heavy atom. The Labute approximate surface area is 149 Å². The molecule has 0 spiro atoms. The van der Waals surface area contributed by atoms with E-state index in [2.05, 4.69) is 51.4 Å². The van der Waals surface area contributed by atoms with E-state index in [1.54, 1.807) is 0 Å². The second-order valence-electron chi connectivity index (χ2n) is 6.94. The lowest BCUT2D eigenvalue weighted by Gasteiger charge is -2.30. The third-order valence-electron chi connectivity index (χ3n) is 3.94. The minimum atomic E-state index is -3.66. The molecule has 0 fully saturated rings. The van der Waals surface area contributed by atoms with E-state index in [1.165, 1.54) is 57.6 Å². The van der Waals surface area contributed by atoms with Crippen LogP contribution in [0.25, 0.3) is 0 Å². The predicted molar refractivity (Wildman–Crippen MR) is 103 cm³/mol. The van der Waals surface area contributed by atoms with Gasteiger partial charge in [-0.15, -0.1) is 0 Å². The molecule has 0 amide bonds. The number of unbranched alkanes of at least 4 members (excludes halogenated alkanes) is 5. The van der Waals surface area contributed by atoms with Crippen LogP contribution in [-0.2, 0) is 16.7 Å². The van der Waals surface area contributed by atoms with Crippen molar-refractivity contribution in [1.29, 1.82) is 0 Å². The van der Waals surface area contributed by atoms with Crippen molar-refractivity contribution in [3.8, 4) is 0 Å². The standard InChI is InChI=1S/C17H30N.C2H6O3S/c1-4-5-6-7-8-12-15-18(2,3)16-17-13-10-9-11-14-17;1-2-6(3,4)5/h9-11,13-14H,4-8,12,15-16H2,1-3H3;2H2,1H3,(H,3,4,5)/q+1;. The van der Waals surface area contributed by atoms with Crippen LogP contribution in [0.15, 0.2) is 30.3 Å². The molecule has 0 aliphatic rings. The molecule has 0 atom stereocenters. The number of hydrogen-bond donors (Lipinski definition) is 1. The maximum absolute atomic E-state index is 9.56. The highest BCUT2D eigenvalue weighted by Gasteiger charge is 2.14. The van der Waals surface area contributed by atoms with Crippen LogP contribution in [0.3, 0.4) is 0 Å². The van der Waals surface area contributed by atoms with Crippen molar-refractivity contribution in [2.24, 2.45) is 0 Å². The van der Waals surface area contributed by atoms with Gasteiger partial charge in [-0.1, -0.05) is 62.9 Å². The van der Waals surface area contributed by atoms with Crippen LogP contribution < -0.4 is 0 Å². The van der Waals surface area contributed by atoms with Crippen molar-refractivity contribution >= 4 is 10.1 Å². The maximum Gasteiger partial charge on any atom is 0.264 e. The smallest absolute Gasteiger partial charge is 0.264 e. The molecule has 0 saturated carbocycles. The first-order valence-electron chi connectivity index (χ1n) is 9.01. The van der Waals surface area contributed by atoms with Crippen LogP contribution in [0, 0.1) is 0 Å². The third kappa shape index (κ3) is 14.7. The van der Waals surface area contributed by atoms with E-state index < -0.39 is 10.1 Å². The normalized spacial score (nSPS) is 11.7. The molecule has 0 heterocycles. The molecule has 0 bridgehead atoms. The Balaban J connectivity index is 0.000000754. The maximum atomic E-state index is 9.56. The van der Waals surface area contributed by atoms with Crippen molar-refractivity contribution in [2.45, 2.75) is 58.9 Å². The third-order valence-corrected chi connectivity index (χ3v) is 4.66. The summed E-state index contributed by atoms with van der Waals surface area (Å²) in [6, 6.07) is 10.8. The molecule has 0 aliphatic heterocycles. The highest BCUT2D eigenvalue weighted by atomic mass is 32.2. The van der Waals surface area contributed by atoms with Gasteiger partial charge >= 0.3 is 0 Å². The van der Waals surface area contributed by atoms with Crippen LogP contribution in [0.5, 0.6) is 0 Å². The molecular weight excluding hydrogens is 322 g/mol. The van der Waals surface area contributed by atoms with Crippen LogP contribution in [-0.4, -0.2) is 43.8 Å². The van der Waals surface area contributed by atoms with Crippen LogP contribution in [0.2, 0.25) is 0 Å². The largest absolute Gasteiger partial charge is 0.325 e. The molecule has 1 N–H and O–H groups in total. The molecule has 5 heteroatoms. The lowest BCUT2D eigenvalue weighted by molar-refractivity contribution is -0.903. The zero-order chi connectivity index (χ0) is 18.5. The zero-order valence-electron chi connectivity index (χ0n) is 15.9. The number of benzene rings is 1. The molecule has 0 radical (unpaired) electrons. The van der Waals surface area contributed by atoms with Crippen molar-refractivity contribution in [3.63, 3.8) is 0 Å². The molecule has 0 unspecified atom stereocenters. The first-order valence-corrected chi connectivity index (χ1v) is 10.6. The molecule has 0 aliphatic carbocycles. The van der Waals surface area contributed by atoms with Crippen LogP contribution >= 0.6 is 0 Å². The molecular formula is C19H36NO3S+. The van der Waals surface area contributed by atoms with Gasteiger partial charge in [0, 0.05) is 5.56 Å². The van der Waals surface area contributed by atoms with E-state index in [1.807, 2.05) is 0 Å². The minimum Gasteiger partial charge on any atom is -0.325 e. The van der Waals surface area contributed by atoms with E-state index in [4.69, 9.17) is 4.55 Å². The fraction of sp³-hybridized carbons (Fsp3) is 0.684. The van der Waals surface area contributed by atoms with Gasteiger partial charge in [0.1, 0.15) is 6.54 Å². The molecule has 4 nitrogen and oxygen atoms in total. The fourth-order valence-electron chi connectivity index (χ4n) is 2.48. The van der Waals surface area contributed by atoms with Gasteiger partial charge in [0.15, 0.2) is 0 Å². The van der Waals surface area contributed by atoms with Gasteiger partial charge in [0.25, 0.3) is 10.1 Å². The Morgan fingerprint density at radius 2 is 1.42 bits per heavy atom. The summed E-state index contributed by atoms with van der Waals surface area (Å²) in [7, 11) is 1.03. The molecule has 24 heavy (non-hydrogen) atoms. The molecule has 0 saturated heterocycles. The number of hydrogen-bond acceptors (Lipinski definition) is 2. The van der Waals surface area contributed by atoms with Gasteiger partial charge in [-0.3, -0.25) is 4.55 Å². The summed E-state index contributed by atoms with van der Waals surface area (Å²) in [6.07, 6.45) is 8.35. The number of nitrogens with zero attached hydrogens (tertiary/aromatic N) is 1. The van der Waals surface area contributed by atoms with Crippen molar-refractivity contribution in [2.75, 3.05) is 26.4 Å². The summed E-state index contributed by atoms with van der Waals surface area (Å²) in [5, 5.41) is 0. The van der Waals surface area contributed by atoms with E-state index >= 15 is 0 Å². The Hall–Kier alpha value is -0.910. The van der Waals surface area contributed by atoms with Gasteiger partial charge in [-0.05, 0) is 19.8 Å². The van der Waals surface area contributed by atoms with Gasteiger partial charge in [-0.25, -0.2) is 0 Å². The molecule has 1 rings (SSSR count). The number of quaternary nitrogens is 1. The summed E-state index contributed by atoms with van der Waals surface area (Å²) in [5.41, 5.74) is 1.45. The minimum absolute atomic E-state index is 0.201. The lowest BCUT2D eigenvalue weighted by Crippen LogP contribution is -2.39. The summed E-state index contributed by atoms with van der Waals surface area (Å²) in [4.78, 5) is 0. The molecule has 1 aromatic carbocycles. The van der Waals surface area contributed by atoms with Gasteiger partial charge in [0.2, 0.25) is 0 Å². The predicted octanol–water partition coefficient (Wildman–Crippen LogP) is 4.52. The SMILES string of the molecule is CCCCCCCC[N+](C)(C)Cc1ccccc1.CCS(=O)(=O)O. The van der Waals surface area contributed by atoms with Crippen molar-refractivity contribution in [1.82, 2.24) is 0 Å². The fourth-order valence-corrected chi connectivity index (χ4v) is 2.48. The van der Waals surface area contributed by atoms with Gasteiger partial charge in [-0.2, -0.15) is 8.42 Å². The van der Waals surface area contributed by atoms with Gasteiger partial charge in [0.05, 0.1) is 26.4 Å². The average molecular weight is 359 g/mol. The van der Waals surface area contributed by atoms with E-state index in [-0.39, 0.29) is 5.75 Å². The van der Waals surface area contributed by atoms with E-state index in [9.17, 15) is 8.42 Å². The Bertz CT molecular complexity index is 513. The monoisotopic (exact) mass is 358 g/mol. The second kappa shape index (κ2) is 12.5. The highest BCUT2D eigenvalue weighted by Crippen LogP contribution is 2.12. The van der Waals surface area contributed by atoms with Crippen LogP contribution in [0.4, 0.5) is 0 Å². The Kier molecular flexibility index (Phi) is 12.0. The number of rotatable bonds is 10. The van der Waals surface area contributed by atoms with Crippen molar-refractivity contribution in [3.05, 3.63) is 35.9 Å². The second-order valence-corrected chi connectivity index (χ2v) is 8.68. The molecule has 1 aromatic rings. The summed E-state index contributed by atoms with van der Waals surface area (Å²) in [5.74, 6) is -0.201. The quantitative estimate of drug-likeness (QED) is 0.380. The first-order chi connectivity index (χ1) is 11.2. The van der Waals surface area contributed by atoms with Gasteiger partial charge < -0.3 is 4.48 Å². The zero-order valence-corrected chi connectivity index (χ0v) is 16.7. The lowest BCUT2D eigenvalue weighted by atomic mass is 10.1. The summed E-state index contributed by atoms with van der Waals surface area (Å²) >= 11 is 0. The Morgan fingerprint density at radius 3 is 1.92 bits per heavy atom. The molecule has 0 aromatic heterocycles. The summed E-state index contributed by atoms with van der Waals surface area (Å²) < 4.78 is 28.0. The average Bonchev–Trinajstić information content (AvgIpc) is 2.51. The van der Waals surface area contributed by atoms with E-state index in [0.29, 0.717) is 0 Å². The summed E-state index contributed by atoms with van der Waals surface area (Å²) in [6.45, 7) is 6.09. The van der Waals surface area contributed by atoms with Crippen LogP contribution in [0.1, 0.15) is 57.9 Å². The molecule has 140 valence electrons.